The molecule has 0 spiro atoms. The van der Waals surface area contributed by atoms with Gasteiger partial charge in [0.1, 0.15) is 0 Å². The monoisotopic (exact) mass is 219 g/mol. The molecule has 17 heavy (non-hydrogen) atoms. The second-order valence-electron chi connectivity index (χ2n) is 4.05. The van der Waals surface area contributed by atoms with Gasteiger partial charge in [-0.05, 0) is 17.7 Å². The van der Waals surface area contributed by atoms with Crippen molar-refractivity contribution in [3.63, 3.8) is 0 Å². The van der Waals surface area contributed by atoms with E-state index in [0.717, 1.165) is 5.56 Å². The van der Waals surface area contributed by atoms with E-state index in [1.165, 1.54) is 21.8 Å². The molecule has 1 aromatic heterocycles. The van der Waals surface area contributed by atoms with Gasteiger partial charge in [-0.15, -0.1) is 0 Å². The van der Waals surface area contributed by atoms with E-state index in [2.05, 4.69) is 60.2 Å². The molecule has 0 saturated carbocycles. The number of fused-ring (bicyclic) bond motifs is 3. The van der Waals surface area contributed by atoms with E-state index in [1.54, 1.807) is 0 Å². The quantitative estimate of drug-likeness (QED) is 0.596. The molecule has 0 atom stereocenters. The Labute approximate surface area is 100 Å². The van der Waals surface area contributed by atoms with Gasteiger partial charge < -0.3 is 4.57 Å². The smallest absolute Gasteiger partial charge is 0.0540 e. The minimum absolute atomic E-state index is 1.13. The van der Waals surface area contributed by atoms with Gasteiger partial charge in [0.2, 0.25) is 0 Å². The Morgan fingerprint density at radius 3 is 2.41 bits per heavy atom. The van der Waals surface area contributed by atoms with Crippen molar-refractivity contribution in [2.24, 2.45) is 0 Å². The van der Waals surface area contributed by atoms with E-state index in [4.69, 9.17) is 0 Å². The summed E-state index contributed by atoms with van der Waals surface area (Å²) < 4.78 is 2.12. The van der Waals surface area contributed by atoms with E-state index in [1.807, 2.05) is 12.3 Å². The molecule has 1 nitrogen and oxygen atoms in total. The first-order chi connectivity index (χ1) is 8.35. The van der Waals surface area contributed by atoms with Crippen molar-refractivity contribution in [1.29, 1.82) is 0 Å². The highest BCUT2D eigenvalue weighted by Crippen LogP contribution is 2.29. The molecule has 0 aliphatic heterocycles. The summed E-state index contributed by atoms with van der Waals surface area (Å²) in [6.45, 7) is 7.71. The Morgan fingerprint density at radius 2 is 1.65 bits per heavy atom. The maximum Gasteiger partial charge on any atom is 0.0540 e. The molecule has 0 aliphatic carbocycles. The van der Waals surface area contributed by atoms with Crippen LogP contribution in [0, 0.1) is 0 Å². The van der Waals surface area contributed by atoms with Crippen LogP contribution in [0.25, 0.3) is 34.1 Å². The molecular formula is C16H13N. The van der Waals surface area contributed by atoms with Crippen LogP contribution in [0.2, 0.25) is 0 Å². The summed E-state index contributed by atoms with van der Waals surface area (Å²) in [7, 11) is 0. The molecule has 1 heteroatoms. The zero-order valence-corrected chi connectivity index (χ0v) is 9.56. The Bertz CT molecular complexity index is 732. The molecule has 82 valence electrons. The van der Waals surface area contributed by atoms with Crippen LogP contribution < -0.4 is 0 Å². The van der Waals surface area contributed by atoms with E-state index in [0.29, 0.717) is 0 Å². The third-order valence-electron chi connectivity index (χ3n) is 3.15. The summed E-state index contributed by atoms with van der Waals surface area (Å²) in [6.07, 6.45) is 3.72. The zero-order chi connectivity index (χ0) is 11.8. The molecule has 0 radical (unpaired) electrons. The van der Waals surface area contributed by atoms with Gasteiger partial charge in [0.25, 0.3) is 0 Å². The summed E-state index contributed by atoms with van der Waals surface area (Å²) in [5.74, 6) is 0. The van der Waals surface area contributed by atoms with Crippen LogP contribution in [0.15, 0.2) is 55.6 Å². The number of rotatable bonds is 2. The number of benzene rings is 2. The van der Waals surface area contributed by atoms with Crippen LogP contribution in [0.4, 0.5) is 0 Å². The number of para-hydroxylation sites is 1. The predicted octanol–water partition coefficient (Wildman–Crippen LogP) is 4.54. The maximum absolute atomic E-state index is 3.90. The largest absolute Gasteiger partial charge is 0.317 e. The van der Waals surface area contributed by atoms with Gasteiger partial charge in [-0.25, -0.2) is 0 Å². The Kier molecular flexibility index (Phi) is 2.12. The van der Waals surface area contributed by atoms with E-state index in [9.17, 15) is 0 Å². The Balaban J connectivity index is 2.58. The van der Waals surface area contributed by atoms with Crippen LogP contribution in [-0.2, 0) is 0 Å². The molecule has 0 aliphatic rings. The lowest BCUT2D eigenvalue weighted by atomic mass is 10.1. The van der Waals surface area contributed by atoms with Gasteiger partial charge in [0.15, 0.2) is 0 Å². The van der Waals surface area contributed by atoms with Crippen molar-refractivity contribution in [2.75, 3.05) is 0 Å². The SMILES string of the molecule is C=Cc1ccc2c3ccccc3n(C=C)c2c1. The second kappa shape index (κ2) is 3.63. The van der Waals surface area contributed by atoms with Crippen LogP contribution in [0.3, 0.4) is 0 Å². The van der Waals surface area contributed by atoms with Crippen molar-refractivity contribution >= 4 is 34.1 Å². The Hall–Kier alpha value is -2.28. The summed E-state index contributed by atoms with van der Waals surface area (Å²) >= 11 is 0. The van der Waals surface area contributed by atoms with Gasteiger partial charge >= 0.3 is 0 Å². The van der Waals surface area contributed by atoms with Crippen molar-refractivity contribution in [2.45, 2.75) is 0 Å². The molecule has 0 bridgehead atoms. The van der Waals surface area contributed by atoms with Gasteiger partial charge in [0.05, 0.1) is 11.0 Å². The highest BCUT2D eigenvalue weighted by atomic mass is 14.9. The molecule has 2 aromatic carbocycles. The first kappa shape index (κ1) is 9.91. The average Bonchev–Trinajstić information content (AvgIpc) is 2.71. The van der Waals surface area contributed by atoms with Crippen LogP contribution in [-0.4, -0.2) is 4.57 Å². The van der Waals surface area contributed by atoms with E-state index < -0.39 is 0 Å². The number of aromatic nitrogens is 1. The number of hydrogen-bond donors (Lipinski definition) is 0. The molecular weight excluding hydrogens is 206 g/mol. The van der Waals surface area contributed by atoms with Crippen LogP contribution >= 0.6 is 0 Å². The molecule has 1 heterocycles. The summed E-state index contributed by atoms with van der Waals surface area (Å²) in [4.78, 5) is 0. The molecule has 0 unspecified atom stereocenters. The van der Waals surface area contributed by atoms with E-state index >= 15 is 0 Å². The third kappa shape index (κ3) is 1.32. The second-order valence-corrected chi connectivity index (χ2v) is 4.05. The molecule has 3 rings (SSSR count). The lowest BCUT2D eigenvalue weighted by Gasteiger charge is -1.99. The van der Waals surface area contributed by atoms with Gasteiger partial charge in [-0.2, -0.15) is 0 Å². The lowest BCUT2D eigenvalue weighted by Crippen LogP contribution is -1.84. The van der Waals surface area contributed by atoms with Crippen LogP contribution in [0.1, 0.15) is 5.56 Å². The van der Waals surface area contributed by atoms with E-state index in [-0.39, 0.29) is 0 Å². The maximum atomic E-state index is 3.90. The highest BCUT2D eigenvalue weighted by molar-refractivity contribution is 6.09. The molecule has 0 N–H and O–H groups in total. The van der Waals surface area contributed by atoms with Gasteiger partial charge in [-0.1, -0.05) is 49.6 Å². The normalized spacial score (nSPS) is 10.8. The molecule has 0 fully saturated rings. The minimum atomic E-state index is 1.13. The third-order valence-corrected chi connectivity index (χ3v) is 3.15. The standard InChI is InChI=1S/C16H13N/c1-3-12-9-10-14-13-7-5-6-8-15(13)17(4-2)16(14)11-12/h3-11H,1-2H2. The fourth-order valence-corrected chi connectivity index (χ4v) is 2.34. The van der Waals surface area contributed by atoms with Crippen LogP contribution in [0.5, 0.6) is 0 Å². The Morgan fingerprint density at radius 1 is 0.882 bits per heavy atom. The fraction of sp³-hybridized carbons (Fsp3) is 0. The van der Waals surface area contributed by atoms with Crippen molar-refractivity contribution in [1.82, 2.24) is 4.57 Å². The van der Waals surface area contributed by atoms with Gasteiger partial charge in [0, 0.05) is 17.0 Å². The van der Waals surface area contributed by atoms with Gasteiger partial charge in [-0.3, -0.25) is 0 Å². The molecule has 3 aromatic rings. The first-order valence-electron chi connectivity index (χ1n) is 5.63. The lowest BCUT2D eigenvalue weighted by molar-refractivity contribution is 1.30. The minimum Gasteiger partial charge on any atom is -0.317 e. The molecule has 0 saturated heterocycles. The zero-order valence-electron chi connectivity index (χ0n) is 9.56. The topological polar surface area (TPSA) is 4.93 Å². The van der Waals surface area contributed by atoms with Crippen molar-refractivity contribution < 1.29 is 0 Å². The summed E-state index contributed by atoms with van der Waals surface area (Å²) in [5, 5.41) is 2.52. The first-order valence-corrected chi connectivity index (χ1v) is 5.63. The van der Waals surface area contributed by atoms with Crippen molar-refractivity contribution in [3.05, 3.63) is 61.2 Å². The number of hydrogen-bond acceptors (Lipinski definition) is 0. The summed E-state index contributed by atoms with van der Waals surface area (Å²) in [5.41, 5.74) is 3.50. The average molecular weight is 219 g/mol. The fourth-order valence-electron chi connectivity index (χ4n) is 2.34. The summed E-state index contributed by atoms with van der Waals surface area (Å²) in [6, 6.07) is 14.8. The number of nitrogens with zero attached hydrogens (tertiary/aromatic N) is 1. The molecule has 0 amide bonds. The highest BCUT2D eigenvalue weighted by Gasteiger charge is 2.07. The van der Waals surface area contributed by atoms with Crippen molar-refractivity contribution in [3.8, 4) is 0 Å². The predicted molar refractivity (Wildman–Crippen MR) is 75.9 cm³/mol.